The Bertz CT molecular complexity index is 161. The summed E-state index contributed by atoms with van der Waals surface area (Å²) in [4.78, 5) is 2.49. The minimum Gasteiger partial charge on any atom is -0.379 e. The van der Waals surface area contributed by atoms with Crippen LogP contribution >= 0.6 is 0 Å². The minimum absolute atomic E-state index is 0.840. The van der Waals surface area contributed by atoms with Gasteiger partial charge in [-0.15, -0.1) is 0 Å². The van der Waals surface area contributed by atoms with Crippen LogP contribution in [0.1, 0.15) is 32.1 Å². The van der Waals surface area contributed by atoms with E-state index in [1.807, 2.05) is 0 Å². The number of ether oxygens (including phenoxy) is 1. The van der Waals surface area contributed by atoms with Crippen molar-refractivity contribution in [1.82, 2.24) is 10.2 Å². The van der Waals surface area contributed by atoms with Gasteiger partial charge in [0, 0.05) is 13.1 Å². The first-order valence-electron chi connectivity index (χ1n) is 7.14. The third kappa shape index (κ3) is 8.55. The first kappa shape index (κ1) is 14.9. The van der Waals surface area contributed by atoms with Crippen molar-refractivity contribution in [1.29, 1.82) is 0 Å². The van der Waals surface area contributed by atoms with E-state index in [1.165, 1.54) is 38.6 Å². The number of unbranched alkanes of at least 4 members (excludes halogenated alkanes) is 3. The summed E-state index contributed by atoms with van der Waals surface area (Å²) >= 11 is 0. The average molecular weight is 243 g/mol. The molecule has 0 aromatic rings. The fraction of sp³-hybridized carbons (Fsp3) is 1.00. The van der Waals surface area contributed by atoms with Crippen LogP contribution in [0.2, 0.25) is 0 Å². The number of morpholine rings is 1. The molecule has 1 aliphatic rings. The molecule has 4 nitrogen and oxygen atoms in total. The molecule has 0 aromatic carbocycles. The van der Waals surface area contributed by atoms with Gasteiger partial charge in [-0.3, -0.25) is 4.90 Å². The molecule has 0 unspecified atom stereocenters. The van der Waals surface area contributed by atoms with Crippen LogP contribution in [0.25, 0.3) is 0 Å². The monoisotopic (exact) mass is 243 g/mol. The summed E-state index contributed by atoms with van der Waals surface area (Å²) in [6.07, 6.45) is 6.32. The summed E-state index contributed by atoms with van der Waals surface area (Å²) in [6, 6.07) is 0. The van der Waals surface area contributed by atoms with E-state index in [0.29, 0.717) is 0 Å². The molecule has 0 aromatic heterocycles. The molecule has 17 heavy (non-hydrogen) atoms. The van der Waals surface area contributed by atoms with Gasteiger partial charge in [0.1, 0.15) is 0 Å². The number of rotatable bonds is 10. The van der Waals surface area contributed by atoms with Crippen LogP contribution in [-0.2, 0) is 4.74 Å². The summed E-state index contributed by atoms with van der Waals surface area (Å²) in [6.45, 7) is 8.40. The second kappa shape index (κ2) is 11.0. The van der Waals surface area contributed by atoms with Crippen molar-refractivity contribution in [3.63, 3.8) is 0 Å². The standard InChI is InChI=1S/C13H29N3O/c14-6-3-1-2-4-7-15-8-5-9-16-10-12-17-13-11-16/h15H,1-14H2. The van der Waals surface area contributed by atoms with Gasteiger partial charge in [0.15, 0.2) is 0 Å². The fourth-order valence-electron chi connectivity index (χ4n) is 2.13. The molecule has 1 saturated heterocycles. The lowest BCUT2D eigenvalue weighted by Gasteiger charge is -2.26. The van der Waals surface area contributed by atoms with Crippen LogP contribution in [-0.4, -0.2) is 57.4 Å². The third-order valence-electron chi connectivity index (χ3n) is 3.24. The van der Waals surface area contributed by atoms with E-state index < -0.39 is 0 Å². The normalized spacial score (nSPS) is 17.5. The number of hydrogen-bond donors (Lipinski definition) is 2. The maximum Gasteiger partial charge on any atom is 0.0594 e. The molecule has 4 heteroatoms. The average Bonchev–Trinajstić information content (AvgIpc) is 2.38. The van der Waals surface area contributed by atoms with Crippen LogP contribution in [0.4, 0.5) is 0 Å². The molecule has 0 amide bonds. The Labute approximate surface area is 106 Å². The molecule has 1 aliphatic heterocycles. The van der Waals surface area contributed by atoms with Crippen molar-refractivity contribution >= 4 is 0 Å². The van der Waals surface area contributed by atoms with Crippen molar-refractivity contribution < 1.29 is 4.74 Å². The van der Waals surface area contributed by atoms with Gasteiger partial charge in [0.2, 0.25) is 0 Å². The van der Waals surface area contributed by atoms with Crippen molar-refractivity contribution in [2.45, 2.75) is 32.1 Å². The molecule has 1 rings (SSSR count). The zero-order chi connectivity index (χ0) is 12.2. The Hall–Kier alpha value is -0.160. The summed E-state index contributed by atoms with van der Waals surface area (Å²) in [5, 5.41) is 3.51. The molecule has 0 saturated carbocycles. The lowest BCUT2D eigenvalue weighted by Crippen LogP contribution is -2.37. The topological polar surface area (TPSA) is 50.5 Å². The molecule has 1 fully saturated rings. The van der Waals surface area contributed by atoms with Gasteiger partial charge in [-0.25, -0.2) is 0 Å². The Morgan fingerprint density at radius 3 is 2.41 bits per heavy atom. The highest BCUT2D eigenvalue weighted by molar-refractivity contribution is 4.62. The van der Waals surface area contributed by atoms with Gasteiger partial charge in [-0.05, 0) is 45.4 Å². The first-order chi connectivity index (χ1) is 8.43. The molecule has 0 aliphatic carbocycles. The Kier molecular flexibility index (Phi) is 9.61. The van der Waals surface area contributed by atoms with Gasteiger partial charge in [0.25, 0.3) is 0 Å². The quantitative estimate of drug-likeness (QED) is 0.558. The molecular formula is C13H29N3O. The number of nitrogens with two attached hydrogens (primary N) is 1. The van der Waals surface area contributed by atoms with Crippen LogP contribution in [0, 0.1) is 0 Å². The highest BCUT2D eigenvalue weighted by Gasteiger charge is 2.08. The maximum absolute atomic E-state index is 5.45. The van der Waals surface area contributed by atoms with Gasteiger partial charge in [0.05, 0.1) is 13.2 Å². The van der Waals surface area contributed by atoms with Crippen molar-refractivity contribution in [2.24, 2.45) is 5.73 Å². The number of nitrogens with zero attached hydrogens (tertiary/aromatic N) is 1. The van der Waals surface area contributed by atoms with Gasteiger partial charge < -0.3 is 15.8 Å². The predicted octanol–water partition coefficient (Wildman–Crippen LogP) is 0.817. The van der Waals surface area contributed by atoms with E-state index in [2.05, 4.69) is 10.2 Å². The molecule has 0 bridgehead atoms. The molecule has 3 N–H and O–H groups in total. The number of hydrogen-bond acceptors (Lipinski definition) is 4. The minimum atomic E-state index is 0.840. The molecule has 0 radical (unpaired) electrons. The Balaban J connectivity index is 1.75. The highest BCUT2D eigenvalue weighted by atomic mass is 16.5. The van der Waals surface area contributed by atoms with Crippen LogP contribution in [0.5, 0.6) is 0 Å². The van der Waals surface area contributed by atoms with E-state index in [9.17, 15) is 0 Å². The SMILES string of the molecule is NCCCCCCNCCCN1CCOCC1. The van der Waals surface area contributed by atoms with E-state index in [1.54, 1.807) is 0 Å². The summed E-state index contributed by atoms with van der Waals surface area (Å²) < 4.78 is 5.33. The summed E-state index contributed by atoms with van der Waals surface area (Å²) in [5.74, 6) is 0. The predicted molar refractivity (Wildman–Crippen MR) is 72.3 cm³/mol. The zero-order valence-corrected chi connectivity index (χ0v) is 11.1. The van der Waals surface area contributed by atoms with Gasteiger partial charge in [-0.1, -0.05) is 12.8 Å². The Morgan fingerprint density at radius 2 is 1.65 bits per heavy atom. The highest BCUT2D eigenvalue weighted by Crippen LogP contribution is 1.98. The lowest BCUT2D eigenvalue weighted by atomic mass is 10.2. The second-order valence-electron chi connectivity index (χ2n) is 4.76. The third-order valence-corrected chi connectivity index (χ3v) is 3.24. The van der Waals surface area contributed by atoms with E-state index >= 15 is 0 Å². The lowest BCUT2D eigenvalue weighted by molar-refractivity contribution is 0.0374. The largest absolute Gasteiger partial charge is 0.379 e. The maximum atomic E-state index is 5.45. The van der Waals surface area contributed by atoms with E-state index in [-0.39, 0.29) is 0 Å². The Morgan fingerprint density at radius 1 is 0.941 bits per heavy atom. The molecule has 1 heterocycles. The van der Waals surface area contributed by atoms with E-state index in [0.717, 1.165) is 45.9 Å². The van der Waals surface area contributed by atoms with Crippen LogP contribution in [0.3, 0.4) is 0 Å². The molecule has 0 spiro atoms. The van der Waals surface area contributed by atoms with Gasteiger partial charge in [-0.2, -0.15) is 0 Å². The fourth-order valence-corrected chi connectivity index (χ4v) is 2.13. The second-order valence-corrected chi connectivity index (χ2v) is 4.76. The van der Waals surface area contributed by atoms with Crippen LogP contribution < -0.4 is 11.1 Å². The van der Waals surface area contributed by atoms with Crippen molar-refractivity contribution in [3.05, 3.63) is 0 Å². The first-order valence-corrected chi connectivity index (χ1v) is 7.14. The van der Waals surface area contributed by atoms with Gasteiger partial charge >= 0.3 is 0 Å². The zero-order valence-electron chi connectivity index (χ0n) is 11.1. The molecule has 0 atom stereocenters. The van der Waals surface area contributed by atoms with E-state index in [4.69, 9.17) is 10.5 Å². The summed E-state index contributed by atoms with van der Waals surface area (Å²) in [5.41, 5.74) is 5.45. The summed E-state index contributed by atoms with van der Waals surface area (Å²) in [7, 11) is 0. The molecule has 102 valence electrons. The van der Waals surface area contributed by atoms with Crippen LogP contribution in [0.15, 0.2) is 0 Å². The molecular weight excluding hydrogens is 214 g/mol. The number of nitrogens with one attached hydrogen (secondary N) is 1. The van der Waals surface area contributed by atoms with Crippen molar-refractivity contribution in [2.75, 3.05) is 52.5 Å². The smallest absolute Gasteiger partial charge is 0.0594 e. The van der Waals surface area contributed by atoms with Crippen molar-refractivity contribution in [3.8, 4) is 0 Å².